The molecular weight excluding hydrogens is 200 g/mol. The molecule has 1 aliphatic rings. The molecule has 1 unspecified atom stereocenters. The molecule has 0 saturated heterocycles. The normalized spacial score (nSPS) is 18.5. The highest BCUT2D eigenvalue weighted by Crippen LogP contribution is 2.24. The lowest BCUT2D eigenvalue weighted by molar-refractivity contribution is -0.145. The van der Waals surface area contributed by atoms with Crippen LogP contribution in [0, 0.1) is 0 Å². The first kappa shape index (κ1) is 9.21. The molecule has 2 rings (SSSR count). The molecule has 2 heterocycles. The fourth-order valence-electron chi connectivity index (χ4n) is 1.31. The lowest BCUT2D eigenvalue weighted by Crippen LogP contribution is -2.29. The molecule has 0 bridgehead atoms. The summed E-state index contributed by atoms with van der Waals surface area (Å²) in [4.78, 5) is 11.5. The van der Waals surface area contributed by atoms with Crippen molar-refractivity contribution in [3.8, 4) is 0 Å². The van der Waals surface area contributed by atoms with Gasteiger partial charge in [-0.2, -0.15) is 16.4 Å². The van der Waals surface area contributed by atoms with Crippen molar-refractivity contribution < 1.29 is 9.53 Å². The quantitative estimate of drug-likeness (QED) is 0.748. The Morgan fingerprint density at radius 1 is 1.71 bits per heavy atom. The molecule has 14 heavy (non-hydrogen) atoms. The van der Waals surface area contributed by atoms with Crippen molar-refractivity contribution in [3.63, 3.8) is 0 Å². The van der Waals surface area contributed by atoms with Crippen molar-refractivity contribution >= 4 is 23.5 Å². The van der Waals surface area contributed by atoms with E-state index in [4.69, 9.17) is 4.74 Å². The number of thiophene rings is 1. The number of nitrogens with one attached hydrogen (secondary N) is 1. The number of hydrogen-bond donors (Lipinski definition) is 1. The smallest absolute Gasteiger partial charge is 0.334 e. The van der Waals surface area contributed by atoms with E-state index < -0.39 is 6.04 Å². The number of hydrogen-bond acceptors (Lipinski definition) is 5. The maximum atomic E-state index is 11.5. The summed E-state index contributed by atoms with van der Waals surface area (Å²) >= 11 is 1.56. The lowest BCUT2D eigenvalue weighted by atomic mass is 10.1. The van der Waals surface area contributed by atoms with Gasteiger partial charge in [0.25, 0.3) is 0 Å². The fraction of sp³-hybridized carbons (Fsp3) is 0.333. The number of fused-ring (bicyclic) bond motifs is 1. The number of esters is 1. The number of ether oxygens (including phenoxy) is 1. The highest BCUT2D eigenvalue weighted by molar-refractivity contribution is 7.08. The standard InChI is InChI=1S/C9H10N2O2S/c1-2-13-9(12)8-7-5-14-4-6(7)3-10-11-8/h3-5,8,11H,2H2,1H3. The maximum absolute atomic E-state index is 11.5. The predicted molar refractivity (Wildman–Crippen MR) is 54.4 cm³/mol. The number of rotatable bonds is 2. The van der Waals surface area contributed by atoms with Crippen molar-refractivity contribution in [2.45, 2.75) is 13.0 Å². The Morgan fingerprint density at radius 3 is 3.36 bits per heavy atom. The fourth-order valence-corrected chi connectivity index (χ4v) is 2.14. The Hall–Kier alpha value is -1.36. The third-order valence-corrected chi connectivity index (χ3v) is 2.74. The minimum absolute atomic E-state index is 0.274. The monoisotopic (exact) mass is 210 g/mol. The summed E-state index contributed by atoms with van der Waals surface area (Å²) in [6.07, 6.45) is 1.71. The van der Waals surface area contributed by atoms with Gasteiger partial charge in [0.05, 0.1) is 12.8 Å². The number of carbonyl (C=O) groups is 1. The van der Waals surface area contributed by atoms with E-state index in [1.165, 1.54) is 0 Å². The van der Waals surface area contributed by atoms with Gasteiger partial charge in [-0.25, -0.2) is 4.79 Å². The minimum atomic E-state index is -0.443. The average Bonchev–Trinajstić information content (AvgIpc) is 2.65. The first-order valence-electron chi connectivity index (χ1n) is 4.34. The summed E-state index contributed by atoms with van der Waals surface area (Å²) in [7, 11) is 0. The van der Waals surface area contributed by atoms with Gasteiger partial charge in [-0.15, -0.1) is 0 Å². The van der Waals surface area contributed by atoms with Gasteiger partial charge in [-0.05, 0) is 17.7 Å². The van der Waals surface area contributed by atoms with E-state index in [1.54, 1.807) is 24.5 Å². The summed E-state index contributed by atoms with van der Waals surface area (Å²) in [5, 5.41) is 7.81. The van der Waals surface area contributed by atoms with Gasteiger partial charge in [-0.3, -0.25) is 5.43 Å². The maximum Gasteiger partial charge on any atom is 0.334 e. The Balaban J connectivity index is 2.24. The molecule has 4 nitrogen and oxygen atoms in total. The molecule has 1 aromatic heterocycles. The molecule has 74 valence electrons. The zero-order valence-corrected chi connectivity index (χ0v) is 8.50. The SMILES string of the molecule is CCOC(=O)C1NN=Cc2cscc21. The van der Waals surface area contributed by atoms with Gasteiger partial charge in [0.1, 0.15) is 0 Å². The topological polar surface area (TPSA) is 50.7 Å². The van der Waals surface area contributed by atoms with Crippen LogP contribution in [-0.2, 0) is 9.53 Å². The molecule has 0 spiro atoms. The zero-order valence-electron chi connectivity index (χ0n) is 7.69. The summed E-state index contributed by atoms with van der Waals surface area (Å²) in [6.45, 7) is 2.18. The van der Waals surface area contributed by atoms with Crippen LogP contribution in [-0.4, -0.2) is 18.8 Å². The van der Waals surface area contributed by atoms with Crippen LogP contribution in [0.15, 0.2) is 15.9 Å². The molecule has 0 radical (unpaired) electrons. The summed E-state index contributed by atoms with van der Waals surface area (Å²) in [5.74, 6) is -0.274. The van der Waals surface area contributed by atoms with Gasteiger partial charge in [0, 0.05) is 11.1 Å². The number of carbonyl (C=O) groups excluding carboxylic acids is 1. The first-order chi connectivity index (χ1) is 6.83. The largest absolute Gasteiger partial charge is 0.464 e. The molecule has 1 atom stereocenters. The molecule has 0 aliphatic carbocycles. The van der Waals surface area contributed by atoms with Crippen molar-refractivity contribution in [2.24, 2.45) is 5.10 Å². The van der Waals surface area contributed by atoms with Crippen LogP contribution >= 0.6 is 11.3 Å². The van der Waals surface area contributed by atoms with Crippen molar-refractivity contribution in [1.29, 1.82) is 0 Å². The third-order valence-electron chi connectivity index (χ3n) is 1.96. The van der Waals surface area contributed by atoms with Gasteiger partial charge in [-0.1, -0.05) is 0 Å². The Morgan fingerprint density at radius 2 is 2.57 bits per heavy atom. The first-order valence-corrected chi connectivity index (χ1v) is 5.28. The van der Waals surface area contributed by atoms with Crippen molar-refractivity contribution in [1.82, 2.24) is 5.43 Å². The number of nitrogens with zero attached hydrogens (tertiary/aromatic N) is 1. The van der Waals surface area contributed by atoms with Gasteiger partial charge < -0.3 is 4.74 Å². The van der Waals surface area contributed by atoms with Crippen LogP contribution in [0.5, 0.6) is 0 Å². The Labute approximate surface area is 85.6 Å². The molecule has 0 amide bonds. The highest BCUT2D eigenvalue weighted by Gasteiger charge is 2.26. The minimum Gasteiger partial charge on any atom is -0.464 e. The van der Waals surface area contributed by atoms with E-state index in [0.29, 0.717) is 6.61 Å². The van der Waals surface area contributed by atoms with Crippen LogP contribution < -0.4 is 5.43 Å². The highest BCUT2D eigenvalue weighted by atomic mass is 32.1. The molecule has 0 saturated carbocycles. The summed E-state index contributed by atoms with van der Waals surface area (Å²) in [5.41, 5.74) is 4.69. The van der Waals surface area contributed by atoms with Crippen LogP contribution in [0.4, 0.5) is 0 Å². The molecule has 1 N–H and O–H groups in total. The van der Waals surface area contributed by atoms with Gasteiger partial charge in [0.2, 0.25) is 0 Å². The van der Waals surface area contributed by atoms with Gasteiger partial charge >= 0.3 is 5.97 Å². The lowest BCUT2D eigenvalue weighted by Gasteiger charge is -2.17. The Kier molecular flexibility index (Phi) is 2.49. The second-order valence-corrected chi connectivity index (χ2v) is 3.60. The zero-order chi connectivity index (χ0) is 9.97. The molecule has 1 aliphatic heterocycles. The van der Waals surface area contributed by atoms with Gasteiger partial charge in [0.15, 0.2) is 6.04 Å². The van der Waals surface area contributed by atoms with E-state index in [2.05, 4.69) is 10.5 Å². The van der Waals surface area contributed by atoms with Crippen molar-refractivity contribution in [2.75, 3.05) is 6.61 Å². The van der Waals surface area contributed by atoms with Crippen molar-refractivity contribution in [3.05, 3.63) is 21.9 Å². The van der Waals surface area contributed by atoms with E-state index >= 15 is 0 Å². The van der Waals surface area contributed by atoms with E-state index in [9.17, 15) is 4.79 Å². The summed E-state index contributed by atoms with van der Waals surface area (Å²) < 4.78 is 4.94. The second-order valence-electron chi connectivity index (χ2n) is 2.85. The van der Waals surface area contributed by atoms with E-state index in [0.717, 1.165) is 11.1 Å². The van der Waals surface area contributed by atoms with Crippen LogP contribution in [0.25, 0.3) is 0 Å². The molecule has 0 aromatic carbocycles. The molecule has 5 heteroatoms. The third kappa shape index (κ3) is 1.50. The summed E-state index contributed by atoms with van der Waals surface area (Å²) in [6, 6.07) is -0.443. The second kappa shape index (κ2) is 3.79. The predicted octanol–water partition coefficient (Wildman–Crippen LogP) is 1.29. The number of hydrazone groups is 1. The Bertz CT molecular complexity index is 373. The molecule has 1 aromatic rings. The average molecular weight is 210 g/mol. The van der Waals surface area contributed by atoms with Crippen LogP contribution in [0.1, 0.15) is 24.1 Å². The van der Waals surface area contributed by atoms with Crippen LogP contribution in [0.2, 0.25) is 0 Å². The van der Waals surface area contributed by atoms with Crippen LogP contribution in [0.3, 0.4) is 0 Å². The van der Waals surface area contributed by atoms with E-state index in [1.807, 2.05) is 10.8 Å². The molecule has 0 fully saturated rings. The van der Waals surface area contributed by atoms with E-state index in [-0.39, 0.29) is 5.97 Å². The molecular formula is C9H10N2O2S.